The van der Waals surface area contributed by atoms with E-state index >= 15 is 0 Å². The highest BCUT2D eigenvalue weighted by Crippen LogP contribution is 2.39. The summed E-state index contributed by atoms with van der Waals surface area (Å²) in [6, 6.07) is 4.29. The number of nitro groups is 1. The Morgan fingerprint density at radius 1 is 1.35 bits per heavy atom. The minimum atomic E-state index is -0.323. The van der Waals surface area contributed by atoms with Gasteiger partial charge in [-0.15, -0.1) is 0 Å². The van der Waals surface area contributed by atoms with E-state index < -0.39 is 0 Å². The van der Waals surface area contributed by atoms with E-state index in [1.165, 1.54) is 19.3 Å². The van der Waals surface area contributed by atoms with Crippen LogP contribution in [0, 0.1) is 10.1 Å². The van der Waals surface area contributed by atoms with Gasteiger partial charge in [0.1, 0.15) is 0 Å². The van der Waals surface area contributed by atoms with Crippen LogP contribution in [0.4, 0.5) is 11.4 Å². The number of halogens is 1. The summed E-state index contributed by atoms with van der Waals surface area (Å²) in [6.45, 7) is 6.53. The molecule has 1 aromatic carbocycles. The summed E-state index contributed by atoms with van der Waals surface area (Å²) in [5.74, 6) is 0. The number of non-ortho nitro benzene ring substituents is 1. The Kier molecular flexibility index (Phi) is 4.68. The van der Waals surface area contributed by atoms with Crippen molar-refractivity contribution in [1.29, 1.82) is 0 Å². The van der Waals surface area contributed by atoms with Gasteiger partial charge < -0.3 is 4.90 Å². The Balaban J connectivity index is 2.52. The highest BCUT2D eigenvalue weighted by molar-refractivity contribution is 9.10. The second-order valence-electron chi connectivity index (χ2n) is 5.58. The SMILES string of the molecule is CCc1cc([N+](=O)[O-])cc(Br)c1N1[C@@H](C)CCC[C@@H]1C. The molecule has 1 aliphatic rings. The van der Waals surface area contributed by atoms with Crippen molar-refractivity contribution in [3.05, 3.63) is 32.3 Å². The van der Waals surface area contributed by atoms with Crippen LogP contribution in [0.5, 0.6) is 0 Å². The molecule has 0 aromatic heterocycles. The molecule has 20 heavy (non-hydrogen) atoms. The van der Waals surface area contributed by atoms with Crippen LogP contribution in [0.1, 0.15) is 45.6 Å². The maximum Gasteiger partial charge on any atom is 0.270 e. The molecule has 0 spiro atoms. The van der Waals surface area contributed by atoms with Crippen molar-refractivity contribution in [3.8, 4) is 0 Å². The molecule has 1 fully saturated rings. The summed E-state index contributed by atoms with van der Waals surface area (Å²) >= 11 is 3.55. The van der Waals surface area contributed by atoms with Gasteiger partial charge in [-0.1, -0.05) is 6.92 Å². The molecule has 2 rings (SSSR count). The fourth-order valence-corrected chi connectivity index (χ4v) is 3.86. The van der Waals surface area contributed by atoms with Crippen LogP contribution in [0.2, 0.25) is 0 Å². The number of nitro benzene ring substituents is 1. The van der Waals surface area contributed by atoms with Gasteiger partial charge in [0.25, 0.3) is 5.69 Å². The second-order valence-corrected chi connectivity index (χ2v) is 6.44. The van der Waals surface area contributed by atoms with E-state index in [2.05, 4.69) is 34.7 Å². The summed E-state index contributed by atoms with van der Waals surface area (Å²) < 4.78 is 0.837. The van der Waals surface area contributed by atoms with Crippen molar-refractivity contribution in [2.75, 3.05) is 4.90 Å². The molecule has 1 aliphatic heterocycles. The standard InChI is InChI=1S/C15H21BrN2O2/c1-4-12-8-13(18(19)20)9-14(16)15(12)17-10(2)6-5-7-11(17)3/h8-11H,4-7H2,1-3H3/t10-,11-/m0/s1. The molecule has 0 bridgehead atoms. The molecule has 0 aliphatic carbocycles. The van der Waals surface area contributed by atoms with Gasteiger partial charge in [-0.2, -0.15) is 0 Å². The van der Waals surface area contributed by atoms with Gasteiger partial charge in [0.2, 0.25) is 0 Å². The molecule has 1 saturated heterocycles. The Morgan fingerprint density at radius 3 is 2.45 bits per heavy atom. The van der Waals surface area contributed by atoms with Crippen LogP contribution in [0.15, 0.2) is 16.6 Å². The van der Waals surface area contributed by atoms with Crippen molar-refractivity contribution in [2.24, 2.45) is 0 Å². The van der Waals surface area contributed by atoms with Gasteiger partial charge in [-0.05, 0) is 61.0 Å². The van der Waals surface area contributed by atoms with Crippen molar-refractivity contribution in [3.63, 3.8) is 0 Å². The third kappa shape index (κ3) is 2.82. The lowest BCUT2D eigenvalue weighted by Crippen LogP contribution is -2.44. The smallest absolute Gasteiger partial charge is 0.270 e. The molecule has 0 amide bonds. The average molecular weight is 341 g/mol. The van der Waals surface area contributed by atoms with E-state index in [1.54, 1.807) is 12.1 Å². The molecule has 0 saturated carbocycles. The first-order chi connectivity index (χ1) is 9.45. The first-order valence-electron chi connectivity index (χ1n) is 7.20. The molecule has 4 nitrogen and oxygen atoms in total. The Hall–Kier alpha value is -1.10. The number of benzene rings is 1. The number of anilines is 1. The van der Waals surface area contributed by atoms with Gasteiger partial charge in [-0.3, -0.25) is 10.1 Å². The molecule has 5 heteroatoms. The zero-order valence-corrected chi connectivity index (χ0v) is 13.8. The van der Waals surface area contributed by atoms with Gasteiger partial charge in [-0.25, -0.2) is 0 Å². The zero-order valence-electron chi connectivity index (χ0n) is 12.2. The van der Waals surface area contributed by atoms with Crippen molar-refractivity contribution in [2.45, 2.75) is 58.5 Å². The van der Waals surface area contributed by atoms with Gasteiger partial charge >= 0.3 is 0 Å². The second kappa shape index (κ2) is 6.12. The summed E-state index contributed by atoms with van der Waals surface area (Å²) in [7, 11) is 0. The minimum absolute atomic E-state index is 0.162. The number of aryl methyl sites for hydroxylation is 1. The minimum Gasteiger partial charge on any atom is -0.365 e. The normalized spacial score (nSPS) is 22.9. The Labute approximate surface area is 128 Å². The van der Waals surface area contributed by atoms with Crippen LogP contribution in [-0.4, -0.2) is 17.0 Å². The topological polar surface area (TPSA) is 46.4 Å². The molecular formula is C15H21BrN2O2. The van der Waals surface area contributed by atoms with E-state index in [4.69, 9.17) is 0 Å². The van der Waals surface area contributed by atoms with Crippen LogP contribution >= 0.6 is 15.9 Å². The van der Waals surface area contributed by atoms with E-state index in [0.717, 1.165) is 22.1 Å². The van der Waals surface area contributed by atoms with E-state index in [0.29, 0.717) is 12.1 Å². The van der Waals surface area contributed by atoms with Crippen LogP contribution in [-0.2, 0) is 6.42 Å². The summed E-state index contributed by atoms with van der Waals surface area (Å²) in [5.41, 5.74) is 2.35. The van der Waals surface area contributed by atoms with Gasteiger partial charge in [0.15, 0.2) is 0 Å². The first-order valence-corrected chi connectivity index (χ1v) is 8.00. The maximum absolute atomic E-state index is 11.0. The largest absolute Gasteiger partial charge is 0.365 e. The van der Waals surface area contributed by atoms with Crippen molar-refractivity contribution >= 4 is 27.3 Å². The molecule has 1 aromatic rings. The zero-order chi connectivity index (χ0) is 14.9. The highest BCUT2D eigenvalue weighted by atomic mass is 79.9. The molecule has 110 valence electrons. The number of piperidine rings is 1. The third-order valence-electron chi connectivity index (χ3n) is 4.17. The van der Waals surface area contributed by atoms with Crippen molar-refractivity contribution < 1.29 is 4.92 Å². The first kappa shape index (κ1) is 15.3. The molecule has 0 radical (unpaired) electrons. The van der Waals surface area contributed by atoms with E-state index in [1.807, 2.05) is 6.92 Å². The molecule has 1 heterocycles. The fourth-order valence-electron chi connectivity index (χ4n) is 3.17. The van der Waals surface area contributed by atoms with E-state index in [9.17, 15) is 10.1 Å². The molecule has 2 atom stereocenters. The fraction of sp³-hybridized carbons (Fsp3) is 0.600. The summed E-state index contributed by atoms with van der Waals surface area (Å²) in [5, 5.41) is 11.0. The Morgan fingerprint density at radius 2 is 1.95 bits per heavy atom. The highest BCUT2D eigenvalue weighted by Gasteiger charge is 2.29. The summed E-state index contributed by atoms with van der Waals surface area (Å²) in [4.78, 5) is 13.1. The lowest BCUT2D eigenvalue weighted by Gasteiger charge is -2.42. The number of nitrogens with zero attached hydrogens (tertiary/aromatic N) is 2. The lowest BCUT2D eigenvalue weighted by molar-refractivity contribution is -0.385. The van der Waals surface area contributed by atoms with Crippen LogP contribution in [0.3, 0.4) is 0 Å². The predicted molar refractivity (Wildman–Crippen MR) is 85.4 cm³/mol. The third-order valence-corrected chi connectivity index (χ3v) is 4.78. The van der Waals surface area contributed by atoms with Gasteiger partial charge in [0.05, 0.1) is 10.6 Å². The average Bonchev–Trinajstić information content (AvgIpc) is 2.39. The summed E-state index contributed by atoms with van der Waals surface area (Å²) in [6.07, 6.45) is 4.41. The monoisotopic (exact) mass is 340 g/mol. The lowest BCUT2D eigenvalue weighted by atomic mass is 9.95. The van der Waals surface area contributed by atoms with Crippen LogP contribution in [0.25, 0.3) is 0 Å². The molecule has 0 N–H and O–H groups in total. The number of hydrogen-bond acceptors (Lipinski definition) is 3. The van der Waals surface area contributed by atoms with Crippen molar-refractivity contribution in [1.82, 2.24) is 0 Å². The number of hydrogen-bond donors (Lipinski definition) is 0. The number of rotatable bonds is 3. The maximum atomic E-state index is 11.0. The molecule has 0 unspecified atom stereocenters. The predicted octanol–water partition coefficient (Wildman–Crippen LogP) is 4.69. The quantitative estimate of drug-likeness (QED) is 0.592. The van der Waals surface area contributed by atoms with Crippen LogP contribution < -0.4 is 4.90 Å². The molecular weight excluding hydrogens is 320 g/mol. The Bertz CT molecular complexity index is 509. The van der Waals surface area contributed by atoms with Gasteiger partial charge in [0, 0.05) is 28.7 Å². The van der Waals surface area contributed by atoms with E-state index in [-0.39, 0.29) is 10.6 Å².